The lowest BCUT2D eigenvalue weighted by atomic mass is 10.2. The molecule has 15 heteroatoms. The van der Waals surface area contributed by atoms with Gasteiger partial charge < -0.3 is 46.0 Å². The molecule has 6 heterocycles. The van der Waals surface area contributed by atoms with Crippen molar-refractivity contribution in [2.45, 2.75) is 196 Å². The van der Waals surface area contributed by atoms with Crippen LogP contribution in [0.5, 0.6) is 0 Å². The van der Waals surface area contributed by atoms with Gasteiger partial charge in [-0.2, -0.15) is 0 Å². The predicted molar refractivity (Wildman–Crippen MR) is 228 cm³/mol. The van der Waals surface area contributed by atoms with Gasteiger partial charge in [0.15, 0.2) is 0 Å². The first-order chi connectivity index (χ1) is 26.5. The lowest BCUT2D eigenvalue weighted by Crippen LogP contribution is -2.31. The van der Waals surface area contributed by atoms with Crippen LogP contribution in [0, 0.1) is 0 Å². The van der Waals surface area contributed by atoms with Crippen molar-refractivity contribution in [2.24, 2.45) is 0 Å². The zero-order chi connectivity index (χ0) is 44.5. The highest BCUT2D eigenvalue weighted by Crippen LogP contribution is 2.17. The fourth-order valence-electron chi connectivity index (χ4n) is 6.78. The summed E-state index contributed by atoms with van der Waals surface area (Å²) in [4.78, 5) is 65.1. The molecule has 336 valence electrons. The summed E-state index contributed by atoms with van der Waals surface area (Å²) in [5.74, 6) is -1.83. The second kappa shape index (κ2) is 35.8. The Hall–Kier alpha value is -3.30. The molecule has 0 aromatic heterocycles. The van der Waals surface area contributed by atoms with Crippen molar-refractivity contribution in [2.75, 3.05) is 39.3 Å². The number of nitrogens with zero attached hydrogens (tertiary/aromatic N) is 3. The van der Waals surface area contributed by atoms with Crippen LogP contribution in [-0.4, -0.2) is 141 Å². The number of likely N-dealkylation sites (tertiary alicyclic amines) is 3. The van der Waals surface area contributed by atoms with Gasteiger partial charge in [-0.05, 0) is 138 Å². The minimum Gasteiger partial charge on any atom is -0.481 e. The summed E-state index contributed by atoms with van der Waals surface area (Å²) in [5.41, 5.74) is 0. The van der Waals surface area contributed by atoms with Crippen molar-refractivity contribution in [3.05, 3.63) is 0 Å². The molecule has 57 heavy (non-hydrogen) atoms. The molecule has 6 aliphatic heterocycles. The number of hydrogen-bond donors (Lipinski definition) is 6. The maximum absolute atomic E-state index is 10.8. The number of aliphatic carboxylic acids is 3. The Labute approximate surface area is 345 Å². The number of carbonyl (C=O) groups excluding carboxylic acids is 3. The van der Waals surface area contributed by atoms with E-state index < -0.39 is 17.9 Å². The van der Waals surface area contributed by atoms with E-state index >= 15 is 0 Å². The molecule has 3 amide bonds. The zero-order valence-corrected chi connectivity index (χ0v) is 37.8. The normalized spacial score (nSPS) is 24.9. The van der Waals surface area contributed by atoms with Crippen LogP contribution in [0.4, 0.5) is 0 Å². The van der Waals surface area contributed by atoms with E-state index in [0.29, 0.717) is 18.1 Å². The first-order valence-electron chi connectivity index (χ1n) is 21.1. The van der Waals surface area contributed by atoms with Crippen LogP contribution in [0.15, 0.2) is 0 Å². The number of amides is 3. The van der Waals surface area contributed by atoms with Gasteiger partial charge in [-0.1, -0.05) is 0 Å². The number of nitrogens with one attached hydrogen (secondary N) is 3. The molecule has 0 saturated carbocycles. The standard InChI is InChI=1S/3C7H13NO.3C5H11N.3C2H4O2/c3*1-6-4-3-5-8(6)7(2)9;3*1-5-3-2-4-6-5;3*1-2(3)4/h3*6H,3-5H2,1-2H3;3*5-6H,2-4H2,1H3;3*1H3,(H,3,4). The first kappa shape index (κ1) is 58.0. The van der Waals surface area contributed by atoms with Gasteiger partial charge in [0.05, 0.1) is 0 Å². The van der Waals surface area contributed by atoms with Crippen LogP contribution in [0.2, 0.25) is 0 Å². The summed E-state index contributed by atoms with van der Waals surface area (Å²) in [5, 5.41) is 32.2. The number of rotatable bonds is 0. The third-order valence-electron chi connectivity index (χ3n) is 9.79. The van der Waals surface area contributed by atoms with E-state index in [0.717, 1.165) is 58.5 Å². The second-order valence-electron chi connectivity index (χ2n) is 15.7. The lowest BCUT2D eigenvalue weighted by Gasteiger charge is -2.18. The van der Waals surface area contributed by atoms with E-state index in [-0.39, 0.29) is 17.7 Å². The molecule has 6 unspecified atom stereocenters. The molecule has 15 nitrogen and oxygen atoms in total. The van der Waals surface area contributed by atoms with E-state index in [1.54, 1.807) is 20.8 Å². The molecule has 0 aliphatic carbocycles. The van der Waals surface area contributed by atoms with Gasteiger partial charge in [-0.25, -0.2) is 0 Å². The highest BCUT2D eigenvalue weighted by molar-refractivity contribution is 5.74. The van der Waals surface area contributed by atoms with Gasteiger partial charge in [0.25, 0.3) is 17.9 Å². The molecular formula is C42H84N6O9. The highest BCUT2D eigenvalue weighted by atomic mass is 16.4. The minimum atomic E-state index is -0.833. The van der Waals surface area contributed by atoms with Crippen molar-refractivity contribution >= 4 is 35.6 Å². The monoisotopic (exact) mass is 817 g/mol. The topological polar surface area (TPSA) is 209 Å². The maximum Gasteiger partial charge on any atom is 0.300 e. The lowest BCUT2D eigenvalue weighted by molar-refractivity contribution is -0.135. The molecule has 0 radical (unpaired) electrons. The fourth-order valence-corrected chi connectivity index (χ4v) is 6.78. The SMILES string of the molecule is CC(=O)N1CCCC1C.CC(=O)N1CCCC1C.CC(=O)N1CCCC1C.CC(=O)O.CC(=O)O.CC(=O)O.CC1CCCN1.CC1CCCN1.CC1CCCN1. The van der Waals surface area contributed by atoms with Gasteiger partial charge in [0.2, 0.25) is 17.7 Å². The minimum absolute atomic E-state index is 0.222. The molecule has 6 N–H and O–H groups in total. The quantitative estimate of drug-likeness (QED) is 0.177. The van der Waals surface area contributed by atoms with Crippen molar-refractivity contribution in [3.63, 3.8) is 0 Å². The summed E-state index contributed by atoms with van der Waals surface area (Å²) in [6, 6.07) is 3.85. The fraction of sp³-hybridized carbons (Fsp3) is 0.857. The molecule has 6 aliphatic rings. The average molecular weight is 817 g/mol. The third-order valence-corrected chi connectivity index (χ3v) is 9.79. The Morgan fingerprint density at radius 2 is 0.579 bits per heavy atom. The Bertz CT molecular complexity index is 949. The number of carboxylic acid groups (broad SMARTS) is 3. The van der Waals surface area contributed by atoms with Gasteiger partial charge in [-0.3, -0.25) is 28.8 Å². The molecule has 6 rings (SSSR count). The van der Waals surface area contributed by atoms with E-state index in [2.05, 4.69) is 57.5 Å². The summed E-state index contributed by atoms with van der Waals surface area (Å²) < 4.78 is 0. The number of hydrogen-bond acceptors (Lipinski definition) is 9. The van der Waals surface area contributed by atoms with Gasteiger partial charge >= 0.3 is 0 Å². The Morgan fingerprint density at radius 1 is 0.386 bits per heavy atom. The van der Waals surface area contributed by atoms with Crippen LogP contribution in [0.3, 0.4) is 0 Å². The second-order valence-corrected chi connectivity index (χ2v) is 15.7. The molecular weight excluding hydrogens is 732 g/mol. The Kier molecular flexibility index (Phi) is 36.5. The molecule has 0 aromatic rings. The maximum atomic E-state index is 10.8. The zero-order valence-electron chi connectivity index (χ0n) is 37.8. The van der Waals surface area contributed by atoms with Gasteiger partial charge in [-0.15, -0.1) is 0 Å². The summed E-state index contributed by atoms with van der Waals surface area (Å²) >= 11 is 0. The van der Waals surface area contributed by atoms with Crippen molar-refractivity contribution in [1.82, 2.24) is 30.7 Å². The third kappa shape index (κ3) is 38.0. The molecule has 6 saturated heterocycles. The van der Waals surface area contributed by atoms with Crippen LogP contribution in [0.1, 0.15) is 160 Å². The largest absolute Gasteiger partial charge is 0.481 e. The predicted octanol–water partition coefficient (Wildman–Crippen LogP) is 5.60. The summed E-state index contributed by atoms with van der Waals surface area (Å²) in [6.07, 6.45) is 15.3. The van der Waals surface area contributed by atoms with E-state index in [1.807, 2.05) is 14.7 Å². The number of carboxylic acids is 3. The smallest absolute Gasteiger partial charge is 0.300 e. The molecule has 0 bridgehead atoms. The summed E-state index contributed by atoms with van der Waals surface area (Å²) in [7, 11) is 0. The van der Waals surface area contributed by atoms with Crippen LogP contribution in [-0.2, 0) is 28.8 Å². The van der Waals surface area contributed by atoms with Crippen molar-refractivity contribution in [1.29, 1.82) is 0 Å². The van der Waals surface area contributed by atoms with E-state index in [4.69, 9.17) is 29.7 Å². The van der Waals surface area contributed by atoms with Gasteiger partial charge in [0.1, 0.15) is 0 Å². The molecule has 6 atom stereocenters. The Balaban J connectivity index is -0.000000586. The number of carbonyl (C=O) groups is 6. The van der Waals surface area contributed by atoms with Crippen molar-refractivity contribution in [3.8, 4) is 0 Å². The van der Waals surface area contributed by atoms with Crippen LogP contribution >= 0.6 is 0 Å². The Morgan fingerprint density at radius 3 is 0.632 bits per heavy atom. The van der Waals surface area contributed by atoms with Crippen molar-refractivity contribution < 1.29 is 44.1 Å². The highest BCUT2D eigenvalue weighted by Gasteiger charge is 2.23. The average Bonchev–Trinajstić information content (AvgIpc) is 3.93. The molecule has 0 aromatic carbocycles. The summed E-state index contributed by atoms with van der Waals surface area (Å²) in [6.45, 7) is 27.8. The van der Waals surface area contributed by atoms with E-state index in [1.165, 1.54) is 96.7 Å². The van der Waals surface area contributed by atoms with Crippen LogP contribution in [0.25, 0.3) is 0 Å². The van der Waals surface area contributed by atoms with E-state index in [9.17, 15) is 14.4 Å². The first-order valence-corrected chi connectivity index (χ1v) is 21.1. The van der Waals surface area contributed by atoms with Gasteiger partial charge in [0, 0.05) is 97.4 Å². The van der Waals surface area contributed by atoms with Crippen LogP contribution < -0.4 is 16.0 Å². The molecule has 0 spiro atoms. The molecule has 6 fully saturated rings.